The van der Waals surface area contributed by atoms with Crippen LogP contribution in [0.25, 0.3) is 5.69 Å². The van der Waals surface area contributed by atoms with E-state index in [0.29, 0.717) is 17.5 Å². The lowest BCUT2D eigenvalue weighted by Crippen LogP contribution is -2.41. The van der Waals surface area contributed by atoms with E-state index in [-0.39, 0.29) is 5.91 Å². The zero-order chi connectivity index (χ0) is 19.2. The van der Waals surface area contributed by atoms with Gasteiger partial charge < -0.3 is 0 Å². The maximum atomic E-state index is 12.5. The van der Waals surface area contributed by atoms with Crippen LogP contribution in [0.4, 0.5) is 0 Å². The van der Waals surface area contributed by atoms with Gasteiger partial charge in [-0.2, -0.15) is 5.10 Å². The van der Waals surface area contributed by atoms with E-state index >= 15 is 0 Å². The Kier molecular flexibility index (Phi) is 5.66. The molecule has 2 aromatic carbocycles. The Morgan fingerprint density at radius 3 is 2.19 bits per heavy atom. The molecule has 0 saturated carbocycles. The van der Waals surface area contributed by atoms with Crippen molar-refractivity contribution in [3.8, 4) is 5.69 Å². The molecule has 0 saturated heterocycles. The van der Waals surface area contributed by atoms with Crippen molar-refractivity contribution >= 4 is 11.8 Å². The summed E-state index contributed by atoms with van der Waals surface area (Å²) in [6, 6.07) is 16.9. The second-order valence-electron chi connectivity index (χ2n) is 6.06. The average molecular weight is 362 g/mol. The number of aryl methyl sites for hydroxylation is 1. The number of aromatic nitrogens is 2. The van der Waals surface area contributed by atoms with E-state index in [4.69, 9.17) is 0 Å². The lowest BCUT2D eigenvalue weighted by Gasteiger charge is -2.09. The molecule has 0 fully saturated rings. The second-order valence-corrected chi connectivity index (χ2v) is 6.06. The van der Waals surface area contributed by atoms with Crippen LogP contribution in [0.1, 0.15) is 45.8 Å². The first-order valence-electron chi connectivity index (χ1n) is 8.96. The molecule has 2 amide bonds. The van der Waals surface area contributed by atoms with Crippen molar-refractivity contribution in [1.82, 2.24) is 20.6 Å². The number of rotatable bonds is 5. The quantitative estimate of drug-likeness (QED) is 0.685. The van der Waals surface area contributed by atoms with E-state index in [0.717, 1.165) is 23.4 Å². The fraction of sp³-hybridized carbons (Fsp3) is 0.190. The summed E-state index contributed by atoms with van der Waals surface area (Å²) in [5, 5.41) is 4.33. The minimum atomic E-state index is -0.396. The molecular weight excluding hydrogens is 340 g/mol. The van der Waals surface area contributed by atoms with Crippen molar-refractivity contribution in [2.24, 2.45) is 0 Å². The van der Waals surface area contributed by atoms with E-state index in [1.54, 1.807) is 16.8 Å². The van der Waals surface area contributed by atoms with Crippen molar-refractivity contribution in [1.29, 1.82) is 0 Å². The van der Waals surface area contributed by atoms with Crippen LogP contribution >= 0.6 is 0 Å². The lowest BCUT2D eigenvalue weighted by molar-refractivity contribution is 0.0846. The minimum absolute atomic E-state index is 0.362. The topological polar surface area (TPSA) is 76.0 Å². The third-order valence-electron chi connectivity index (χ3n) is 4.36. The molecule has 1 heterocycles. The first-order chi connectivity index (χ1) is 13.1. The highest BCUT2D eigenvalue weighted by atomic mass is 16.2. The van der Waals surface area contributed by atoms with Gasteiger partial charge in [-0.15, -0.1) is 0 Å². The van der Waals surface area contributed by atoms with Gasteiger partial charge in [0.1, 0.15) is 0 Å². The Balaban J connectivity index is 1.71. The molecule has 0 aliphatic rings. The van der Waals surface area contributed by atoms with Crippen LogP contribution in [0.2, 0.25) is 0 Å². The predicted molar refractivity (Wildman–Crippen MR) is 104 cm³/mol. The molecule has 3 rings (SSSR count). The summed E-state index contributed by atoms with van der Waals surface area (Å²) in [4.78, 5) is 24.7. The van der Waals surface area contributed by atoms with Gasteiger partial charge in [0, 0.05) is 5.56 Å². The van der Waals surface area contributed by atoms with Crippen molar-refractivity contribution in [2.45, 2.75) is 26.7 Å². The van der Waals surface area contributed by atoms with Crippen LogP contribution in [0.15, 0.2) is 60.8 Å². The molecule has 0 unspecified atom stereocenters. The Labute approximate surface area is 158 Å². The normalized spacial score (nSPS) is 10.4. The highest BCUT2D eigenvalue weighted by Crippen LogP contribution is 2.15. The van der Waals surface area contributed by atoms with Crippen LogP contribution in [0, 0.1) is 0 Å². The van der Waals surface area contributed by atoms with Gasteiger partial charge in [-0.3, -0.25) is 20.4 Å². The van der Waals surface area contributed by atoms with Crippen LogP contribution < -0.4 is 10.9 Å². The van der Waals surface area contributed by atoms with Gasteiger partial charge in [0.05, 0.1) is 23.1 Å². The van der Waals surface area contributed by atoms with Crippen molar-refractivity contribution in [3.05, 3.63) is 83.2 Å². The molecule has 27 heavy (non-hydrogen) atoms. The molecule has 3 aromatic rings. The van der Waals surface area contributed by atoms with Gasteiger partial charge >= 0.3 is 0 Å². The Hall–Kier alpha value is -3.41. The summed E-state index contributed by atoms with van der Waals surface area (Å²) in [7, 11) is 0. The Morgan fingerprint density at radius 1 is 0.889 bits per heavy atom. The molecule has 0 bridgehead atoms. The number of benzene rings is 2. The number of hydrogen-bond donors (Lipinski definition) is 2. The Bertz CT molecular complexity index is 931. The molecule has 6 nitrogen and oxygen atoms in total. The van der Waals surface area contributed by atoms with Gasteiger partial charge in [0.15, 0.2) is 0 Å². The van der Waals surface area contributed by atoms with Crippen molar-refractivity contribution in [2.75, 3.05) is 0 Å². The number of hydrogen-bond acceptors (Lipinski definition) is 3. The summed E-state index contributed by atoms with van der Waals surface area (Å²) in [5.74, 6) is -0.757. The van der Waals surface area contributed by atoms with Gasteiger partial charge in [0.25, 0.3) is 11.8 Å². The maximum Gasteiger partial charge on any atom is 0.273 e. The third kappa shape index (κ3) is 4.06. The van der Waals surface area contributed by atoms with E-state index in [1.165, 1.54) is 6.20 Å². The largest absolute Gasteiger partial charge is 0.273 e. The number of carbonyl (C=O) groups is 2. The standard InChI is InChI=1S/C21H22N4O2/c1-3-15-10-12-16(13-11-15)20(26)23-24-21(27)18-14-22-25(19(18)4-2)17-8-6-5-7-9-17/h5-14H,3-4H2,1-2H3,(H,23,26)(H,24,27). The molecule has 0 aliphatic heterocycles. The second kappa shape index (κ2) is 8.31. The molecule has 138 valence electrons. The summed E-state index contributed by atoms with van der Waals surface area (Å²) in [6.45, 7) is 4.01. The predicted octanol–water partition coefficient (Wildman–Crippen LogP) is 3.07. The Morgan fingerprint density at radius 2 is 1.56 bits per heavy atom. The van der Waals surface area contributed by atoms with E-state index in [2.05, 4.69) is 22.9 Å². The third-order valence-corrected chi connectivity index (χ3v) is 4.36. The van der Waals surface area contributed by atoms with Gasteiger partial charge in [-0.05, 0) is 42.7 Å². The molecule has 0 radical (unpaired) electrons. The highest BCUT2D eigenvalue weighted by molar-refractivity contribution is 5.99. The molecule has 6 heteroatoms. The molecule has 0 spiro atoms. The van der Waals surface area contributed by atoms with Crippen molar-refractivity contribution in [3.63, 3.8) is 0 Å². The molecule has 0 aliphatic carbocycles. The minimum Gasteiger partial charge on any atom is -0.267 e. The summed E-state index contributed by atoms with van der Waals surface area (Å²) >= 11 is 0. The van der Waals surface area contributed by atoms with Gasteiger partial charge in [-0.25, -0.2) is 4.68 Å². The number of hydrazine groups is 1. The van der Waals surface area contributed by atoms with Gasteiger partial charge in [0.2, 0.25) is 0 Å². The fourth-order valence-corrected chi connectivity index (χ4v) is 2.84. The van der Waals surface area contributed by atoms with Crippen LogP contribution in [0.5, 0.6) is 0 Å². The summed E-state index contributed by atoms with van der Waals surface area (Å²) in [5.41, 5.74) is 8.67. The zero-order valence-corrected chi connectivity index (χ0v) is 15.4. The van der Waals surface area contributed by atoms with E-state index < -0.39 is 5.91 Å². The van der Waals surface area contributed by atoms with E-state index in [9.17, 15) is 9.59 Å². The smallest absolute Gasteiger partial charge is 0.267 e. The van der Waals surface area contributed by atoms with Crippen LogP contribution in [-0.2, 0) is 12.8 Å². The fourth-order valence-electron chi connectivity index (χ4n) is 2.84. The lowest BCUT2D eigenvalue weighted by atomic mass is 10.1. The van der Waals surface area contributed by atoms with Crippen molar-refractivity contribution < 1.29 is 9.59 Å². The monoisotopic (exact) mass is 362 g/mol. The number of nitrogens with zero attached hydrogens (tertiary/aromatic N) is 2. The van der Waals surface area contributed by atoms with Crippen LogP contribution in [-0.4, -0.2) is 21.6 Å². The SMILES string of the molecule is CCc1ccc(C(=O)NNC(=O)c2cnn(-c3ccccc3)c2CC)cc1. The zero-order valence-electron chi connectivity index (χ0n) is 15.4. The molecule has 1 aromatic heterocycles. The number of para-hydroxylation sites is 1. The van der Waals surface area contributed by atoms with Gasteiger partial charge in [-0.1, -0.05) is 44.2 Å². The maximum absolute atomic E-state index is 12.5. The van der Waals surface area contributed by atoms with Crippen LogP contribution in [0.3, 0.4) is 0 Å². The number of carbonyl (C=O) groups excluding carboxylic acids is 2. The molecular formula is C21H22N4O2. The van der Waals surface area contributed by atoms with E-state index in [1.807, 2.05) is 49.4 Å². The molecule has 2 N–H and O–H groups in total. The highest BCUT2D eigenvalue weighted by Gasteiger charge is 2.17. The first kappa shape index (κ1) is 18.4. The number of nitrogens with one attached hydrogen (secondary N) is 2. The first-order valence-corrected chi connectivity index (χ1v) is 8.96. The summed E-state index contributed by atoms with van der Waals surface area (Å²) in [6.07, 6.45) is 3.05. The average Bonchev–Trinajstić information content (AvgIpc) is 3.16. The number of amides is 2. The molecule has 0 atom stereocenters. The summed E-state index contributed by atoms with van der Waals surface area (Å²) < 4.78 is 1.74.